The Balaban J connectivity index is 2.15. The van der Waals surface area contributed by atoms with Crippen LogP contribution >= 0.6 is 11.3 Å². The summed E-state index contributed by atoms with van der Waals surface area (Å²) in [5.41, 5.74) is 6.89. The van der Waals surface area contributed by atoms with Crippen molar-refractivity contribution in [3.63, 3.8) is 0 Å². The number of rotatable bonds is 4. The first-order chi connectivity index (χ1) is 8.63. The molecular weight excluding hydrogens is 242 g/mol. The van der Waals surface area contributed by atoms with Gasteiger partial charge in [0.25, 0.3) is 0 Å². The third-order valence-corrected chi connectivity index (χ3v) is 4.85. The summed E-state index contributed by atoms with van der Waals surface area (Å²) in [4.78, 5) is 7.43. The molecule has 1 saturated heterocycles. The highest BCUT2D eigenvalue weighted by molar-refractivity contribution is 7.09. The minimum absolute atomic E-state index is 0.381. The summed E-state index contributed by atoms with van der Waals surface area (Å²) < 4.78 is 0. The van der Waals surface area contributed by atoms with Gasteiger partial charge in [-0.1, -0.05) is 13.3 Å². The molecule has 0 aliphatic carbocycles. The van der Waals surface area contributed by atoms with Crippen LogP contribution in [0.1, 0.15) is 62.7 Å². The number of likely N-dealkylation sites (tertiary alicyclic amines) is 1. The van der Waals surface area contributed by atoms with Crippen molar-refractivity contribution in [3.05, 3.63) is 16.1 Å². The van der Waals surface area contributed by atoms with Crippen LogP contribution in [0.2, 0.25) is 0 Å². The molecule has 0 radical (unpaired) electrons. The van der Waals surface area contributed by atoms with Gasteiger partial charge in [-0.15, -0.1) is 11.3 Å². The van der Waals surface area contributed by atoms with Crippen LogP contribution in [0.3, 0.4) is 0 Å². The average Bonchev–Trinajstić information content (AvgIpc) is 2.87. The zero-order valence-corrected chi connectivity index (χ0v) is 12.5. The maximum atomic E-state index is 5.72. The summed E-state index contributed by atoms with van der Waals surface area (Å²) in [5, 5.41) is 3.48. The number of piperidine rings is 1. The molecule has 2 rings (SSSR count). The average molecular weight is 267 g/mol. The van der Waals surface area contributed by atoms with Crippen molar-refractivity contribution in [2.75, 3.05) is 13.1 Å². The third-order valence-electron chi connectivity index (χ3n) is 3.89. The molecule has 0 saturated carbocycles. The number of hydrogen-bond acceptors (Lipinski definition) is 4. The SMILES string of the molecule is CC(CN)c1csc(C2CCCCN2C(C)C)n1. The van der Waals surface area contributed by atoms with Gasteiger partial charge in [-0.25, -0.2) is 4.98 Å². The molecule has 1 fully saturated rings. The molecule has 0 spiro atoms. The third kappa shape index (κ3) is 2.92. The highest BCUT2D eigenvalue weighted by Gasteiger charge is 2.28. The molecule has 2 heterocycles. The van der Waals surface area contributed by atoms with Crippen molar-refractivity contribution in [2.24, 2.45) is 5.73 Å². The normalized spacial score (nSPS) is 23.5. The van der Waals surface area contributed by atoms with E-state index in [2.05, 4.69) is 31.1 Å². The van der Waals surface area contributed by atoms with E-state index < -0.39 is 0 Å². The van der Waals surface area contributed by atoms with Crippen LogP contribution in [0, 0.1) is 0 Å². The minimum Gasteiger partial charge on any atom is -0.330 e. The quantitative estimate of drug-likeness (QED) is 0.911. The Morgan fingerprint density at radius 2 is 2.22 bits per heavy atom. The molecule has 2 atom stereocenters. The zero-order chi connectivity index (χ0) is 13.1. The fourth-order valence-electron chi connectivity index (χ4n) is 2.64. The maximum absolute atomic E-state index is 5.72. The van der Waals surface area contributed by atoms with E-state index in [9.17, 15) is 0 Å². The minimum atomic E-state index is 0.381. The van der Waals surface area contributed by atoms with E-state index in [1.165, 1.54) is 36.5 Å². The van der Waals surface area contributed by atoms with E-state index >= 15 is 0 Å². The smallest absolute Gasteiger partial charge is 0.110 e. The van der Waals surface area contributed by atoms with Crippen LogP contribution in [-0.4, -0.2) is 29.0 Å². The Hall–Kier alpha value is -0.450. The molecule has 1 aromatic rings. The number of aromatic nitrogens is 1. The van der Waals surface area contributed by atoms with Crippen molar-refractivity contribution in [3.8, 4) is 0 Å². The first-order valence-corrected chi connectivity index (χ1v) is 7.92. The lowest BCUT2D eigenvalue weighted by Crippen LogP contribution is -2.38. The Bertz CT molecular complexity index is 375. The molecule has 3 nitrogen and oxygen atoms in total. The molecule has 18 heavy (non-hydrogen) atoms. The molecule has 0 aromatic carbocycles. The summed E-state index contributed by atoms with van der Waals surface area (Å²) in [6, 6.07) is 1.14. The Morgan fingerprint density at radius 3 is 2.89 bits per heavy atom. The van der Waals surface area contributed by atoms with Crippen molar-refractivity contribution in [2.45, 2.75) is 58.0 Å². The van der Waals surface area contributed by atoms with Crippen molar-refractivity contribution in [1.29, 1.82) is 0 Å². The second kappa shape index (κ2) is 6.13. The molecule has 2 unspecified atom stereocenters. The summed E-state index contributed by atoms with van der Waals surface area (Å²) in [7, 11) is 0. The van der Waals surface area contributed by atoms with Gasteiger partial charge in [0, 0.05) is 23.9 Å². The first-order valence-electron chi connectivity index (χ1n) is 7.04. The fourth-order valence-corrected chi connectivity index (χ4v) is 3.73. The van der Waals surface area contributed by atoms with Crippen molar-refractivity contribution >= 4 is 11.3 Å². The summed E-state index contributed by atoms with van der Waals surface area (Å²) in [5.74, 6) is 0.381. The van der Waals surface area contributed by atoms with Crippen LogP contribution in [0.15, 0.2) is 5.38 Å². The number of hydrogen-bond donors (Lipinski definition) is 1. The fraction of sp³-hybridized carbons (Fsp3) is 0.786. The molecular formula is C14H25N3S. The predicted octanol–water partition coefficient (Wildman–Crippen LogP) is 3.14. The molecule has 0 bridgehead atoms. The van der Waals surface area contributed by atoms with E-state index in [0.717, 1.165) is 0 Å². The zero-order valence-electron chi connectivity index (χ0n) is 11.7. The largest absolute Gasteiger partial charge is 0.330 e. The van der Waals surface area contributed by atoms with E-state index in [4.69, 9.17) is 10.7 Å². The molecule has 1 aromatic heterocycles. The van der Waals surface area contributed by atoms with Gasteiger partial charge in [0.15, 0.2) is 0 Å². The van der Waals surface area contributed by atoms with E-state index in [1.54, 1.807) is 0 Å². The molecule has 102 valence electrons. The van der Waals surface area contributed by atoms with Gasteiger partial charge in [-0.05, 0) is 33.2 Å². The Labute approximate surface area is 114 Å². The van der Waals surface area contributed by atoms with Crippen LogP contribution in [0.4, 0.5) is 0 Å². The summed E-state index contributed by atoms with van der Waals surface area (Å²) in [6.07, 6.45) is 3.91. The maximum Gasteiger partial charge on any atom is 0.110 e. The lowest BCUT2D eigenvalue weighted by molar-refractivity contribution is 0.111. The lowest BCUT2D eigenvalue weighted by atomic mass is 10.0. The number of nitrogens with two attached hydrogens (primary N) is 1. The number of thiazole rings is 1. The van der Waals surface area contributed by atoms with E-state index in [-0.39, 0.29) is 0 Å². The molecule has 1 aliphatic heterocycles. The highest BCUT2D eigenvalue weighted by Crippen LogP contribution is 2.34. The van der Waals surface area contributed by atoms with E-state index in [1.807, 2.05) is 11.3 Å². The van der Waals surface area contributed by atoms with Crippen LogP contribution in [-0.2, 0) is 0 Å². The van der Waals surface area contributed by atoms with Crippen LogP contribution in [0.5, 0.6) is 0 Å². The van der Waals surface area contributed by atoms with Crippen LogP contribution < -0.4 is 5.73 Å². The van der Waals surface area contributed by atoms with Crippen molar-refractivity contribution in [1.82, 2.24) is 9.88 Å². The van der Waals surface area contributed by atoms with E-state index in [0.29, 0.717) is 24.5 Å². The van der Waals surface area contributed by atoms with Gasteiger partial charge in [0.05, 0.1) is 11.7 Å². The second-order valence-corrected chi connectivity index (χ2v) is 6.48. The predicted molar refractivity (Wildman–Crippen MR) is 78.0 cm³/mol. The summed E-state index contributed by atoms with van der Waals surface area (Å²) in [6.45, 7) is 8.62. The van der Waals surface area contributed by atoms with Gasteiger partial charge >= 0.3 is 0 Å². The van der Waals surface area contributed by atoms with Gasteiger partial charge in [0.2, 0.25) is 0 Å². The van der Waals surface area contributed by atoms with Crippen LogP contribution in [0.25, 0.3) is 0 Å². The van der Waals surface area contributed by atoms with Crippen molar-refractivity contribution < 1.29 is 0 Å². The first kappa shape index (κ1) is 14.0. The summed E-state index contributed by atoms with van der Waals surface area (Å²) >= 11 is 1.81. The Kier molecular flexibility index (Phi) is 4.76. The molecule has 2 N–H and O–H groups in total. The standard InChI is InChI=1S/C14H25N3S/c1-10(2)17-7-5-4-6-13(17)14-16-12(9-18-14)11(3)8-15/h9-11,13H,4-8,15H2,1-3H3. The Morgan fingerprint density at radius 1 is 1.44 bits per heavy atom. The topological polar surface area (TPSA) is 42.1 Å². The van der Waals surface area contributed by atoms with Gasteiger partial charge in [-0.2, -0.15) is 0 Å². The second-order valence-electron chi connectivity index (χ2n) is 5.59. The molecule has 4 heteroatoms. The lowest BCUT2D eigenvalue weighted by Gasteiger charge is -2.37. The van der Waals surface area contributed by atoms with Gasteiger partial charge in [-0.3, -0.25) is 4.90 Å². The number of nitrogens with zero attached hydrogens (tertiary/aromatic N) is 2. The van der Waals surface area contributed by atoms with Gasteiger partial charge < -0.3 is 5.73 Å². The highest BCUT2D eigenvalue weighted by atomic mass is 32.1. The molecule has 0 amide bonds. The monoisotopic (exact) mass is 267 g/mol. The van der Waals surface area contributed by atoms with Gasteiger partial charge in [0.1, 0.15) is 5.01 Å². The molecule has 1 aliphatic rings.